The Balaban J connectivity index is 1.97. The molecule has 1 aromatic rings. The van der Waals surface area contributed by atoms with Gasteiger partial charge in [-0.1, -0.05) is 0 Å². The van der Waals surface area contributed by atoms with Crippen molar-refractivity contribution in [3.63, 3.8) is 0 Å². The summed E-state index contributed by atoms with van der Waals surface area (Å²) in [7, 11) is 5.52. The van der Waals surface area contributed by atoms with E-state index >= 15 is 0 Å². The quantitative estimate of drug-likeness (QED) is 0.866. The minimum atomic E-state index is -0.236. The van der Waals surface area contributed by atoms with Crippen LogP contribution in [0.15, 0.2) is 18.2 Å². The molecule has 22 heavy (non-hydrogen) atoms. The molecule has 2 rings (SSSR count). The molecule has 1 aliphatic heterocycles. The fourth-order valence-corrected chi connectivity index (χ4v) is 2.57. The molecule has 2 atom stereocenters. The fraction of sp³-hybridized carbons (Fsp3) is 0.562. The summed E-state index contributed by atoms with van der Waals surface area (Å²) in [6, 6.07) is 5.04. The molecular formula is C16H25FN4O. The largest absolute Gasteiger partial charge is 0.388 e. The van der Waals surface area contributed by atoms with Crippen molar-refractivity contribution in [1.82, 2.24) is 10.2 Å². The van der Waals surface area contributed by atoms with E-state index in [4.69, 9.17) is 0 Å². The molecule has 1 aliphatic rings. The van der Waals surface area contributed by atoms with Gasteiger partial charge >= 0.3 is 0 Å². The zero-order chi connectivity index (χ0) is 16.3. The third-order valence-corrected chi connectivity index (χ3v) is 4.27. The lowest BCUT2D eigenvalue weighted by molar-refractivity contribution is -0.125. The fourth-order valence-electron chi connectivity index (χ4n) is 2.57. The molecule has 0 saturated carbocycles. The summed E-state index contributed by atoms with van der Waals surface area (Å²) in [4.78, 5) is 15.9. The molecule has 0 bridgehead atoms. The maximum Gasteiger partial charge on any atom is 0.237 e. The summed E-state index contributed by atoms with van der Waals surface area (Å²) < 4.78 is 14.1. The standard InChI is InChI=1S/C16H25FN4O/c1-11(20(3)4)16(22)19-13-7-8-21(10-13)15-6-5-12(18-2)9-14(15)17/h5-6,9,11,13,18H,7-8,10H2,1-4H3,(H,19,22). The minimum absolute atomic E-state index is 0.0165. The molecule has 6 heteroatoms. The molecular weight excluding hydrogens is 283 g/mol. The van der Waals surface area contributed by atoms with Gasteiger partial charge in [-0.15, -0.1) is 0 Å². The Morgan fingerprint density at radius 2 is 2.18 bits per heavy atom. The summed E-state index contributed by atoms with van der Waals surface area (Å²) in [6.07, 6.45) is 0.832. The second-order valence-electron chi connectivity index (χ2n) is 6.00. The first kappa shape index (κ1) is 16.5. The van der Waals surface area contributed by atoms with Crippen LogP contribution in [0.25, 0.3) is 0 Å². The molecule has 1 heterocycles. The first-order valence-corrected chi connectivity index (χ1v) is 7.61. The first-order valence-electron chi connectivity index (χ1n) is 7.61. The van der Waals surface area contributed by atoms with Gasteiger partial charge in [-0.2, -0.15) is 0 Å². The van der Waals surface area contributed by atoms with Crippen LogP contribution >= 0.6 is 0 Å². The van der Waals surface area contributed by atoms with Gasteiger partial charge in [-0.3, -0.25) is 9.69 Å². The molecule has 122 valence electrons. The second kappa shape index (κ2) is 6.96. The van der Waals surface area contributed by atoms with Gasteiger partial charge in [0, 0.05) is 31.9 Å². The number of carbonyl (C=O) groups is 1. The molecule has 0 radical (unpaired) electrons. The van der Waals surface area contributed by atoms with Gasteiger partial charge in [0.05, 0.1) is 11.7 Å². The molecule has 2 N–H and O–H groups in total. The number of halogens is 1. The van der Waals surface area contributed by atoms with Crippen LogP contribution < -0.4 is 15.5 Å². The highest BCUT2D eigenvalue weighted by Crippen LogP contribution is 2.26. The van der Waals surface area contributed by atoms with E-state index in [0.29, 0.717) is 12.2 Å². The van der Waals surface area contributed by atoms with Crippen molar-refractivity contribution < 1.29 is 9.18 Å². The summed E-state index contributed by atoms with van der Waals surface area (Å²) in [5, 5.41) is 5.97. The van der Waals surface area contributed by atoms with Crippen molar-refractivity contribution in [1.29, 1.82) is 0 Å². The number of carbonyl (C=O) groups excluding carboxylic acids is 1. The number of anilines is 2. The summed E-state index contributed by atoms with van der Waals surface area (Å²) in [6.45, 7) is 3.26. The molecule has 1 aromatic carbocycles. The number of nitrogens with one attached hydrogen (secondary N) is 2. The lowest BCUT2D eigenvalue weighted by atomic mass is 10.2. The number of nitrogens with zero attached hydrogens (tertiary/aromatic N) is 2. The smallest absolute Gasteiger partial charge is 0.237 e. The van der Waals surface area contributed by atoms with E-state index in [1.807, 2.05) is 36.9 Å². The van der Waals surface area contributed by atoms with Crippen LogP contribution in [0.4, 0.5) is 15.8 Å². The maximum absolute atomic E-state index is 14.1. The van der Waals surface area contributed by atoms with Crippen LogP contribution in [0.2, 0.25) is 0 Å². The third kappa shape index (κ3) is 3.68. The number of likely N-dealkylation sites (N-methyl/N-ethyl adjacent to an activating group) is 1. The van der Waals surface area contributed by atoms with Gasteiger partial charge in [-0.25, -0.2) is 4.39 Å². The van der Waals surface area contributed by atoms with Crippen LogP contribution in [0, 0.1) is 5.82 Å². The van der Waals surface area contributed by atoms with Crippen molar-refractivity contribution in [2.45, 2.75) is 25.4 Å². The lowest BCUT2D eigenvalue weighted by Crippen LogP contribution is -2.46. The van der Waals surface area contributed by atoms with Gasteiger partial charge in [0.1, 0.15) is 5.82 Å². The lowest BCUT2D eigenvalue weighted by Gasteiger charge is -2.23. The summed E-state index contributed by atoms with van der Waals surface area (Å²) in [5.41, 5.74) is 1.35. The van der Waals surface area contributed by atoms with Crippen LogP contribution in [0.5, 0.6) is 0 Å². The Hall–Kier alpha value is -1.82. The minimum Gasteiger partial charge on any atom is -0.388 e. The normalized spacial score (nSPS) is 19.4. The van der Waals surface area contributed by atoms with Gasteiger partial charge in [0.2, 0.25) is 5.91 Å². The molecule has 1 fully saturated rings. The maximum atomic E-state index is 14.1. The van der Waals surface area contributed by atoms with Crippen molar-refractivity contribution in [3.8, 4) is 0 Å². The SMILES string of the molecule is CNc1ccc(N2CCC(NC(=O)C(C)N(C)C)C2)c(F)c1. The van der Waals surface area contributed by atoms with Crippen LogP contribution in [0.3, 0.4) is 0 Å². The molecule has 2 unspecified atom stereocenters. The zero-order valence-corrected chi connectivity index (χ0v) is 13.7. The third-order valence-electron chi connectivity index (χ3n) is 4.27. The van der Waals surface area contributed by atoms with Crippen molar-refractivity contribution in [3.05, 3.63) is 24.0 Å². The molecule has 0 aromatic heterocycles. The van der Waals surface area contributed by atoms with E-state index in [9.17, 15) is 9.18 Å². The average Bonchev–Trinajstić information content (AvgIpc) is 2.94. The number of rotatable bonds is 5. The van der Waals surface area contributed by atoms with E-state index in [2.05, 4.69) is 10.6 Å². The van der Waals surface area contributed by atoms with Crippen LogP contribution in [0.1, 0.15) is 13.3 Å². The molecule has 1 saturated heterocycles. The van der Waals surface area contributed by atoms with Gasteiger partial charge in [-0.05, 0) is 45.6 Å². The number of hydrogen-bond donors (Lipinski definition) is 2. The van der Waals surface area contributed by atoms with Crippen LogP contribution in [-0.4, -0.2) is 57.1 Å². The highest BCUT2D eigenvalue weighted by Gasteiger charge is 2.27. The Bertz CT molecular complexity index is 535. The Morgan fingerprint density at radius 3 is 2.77 bits per heavy atom. The highest BCUT2D eigenvalue weighted by atomic mass is 19.1. The average molecular weight is 308 g/mol. The van der Waals surface area contributed by atoms with Crippen LogP contribution in [-0.2, 0) is 4.79 Å². The summed E-state index contributed by atoms with van der Waals surface area (Å²) in [5.74, 6) is -0.219. The van der Waals surface area contributed by atoms with E-state index < -0.39 is 0 Å². The zero-order valence-electron chi connectivity index (χ0n) is 13.7. The van der Waals surface area contributed by atoms with Gasteiger partial charge in [0.25, 0.3) is 0 Å². The van der Waals surface area contributed by atoms with E-state index in [1.54, 1.807) is 13.1 Å². The summed E-state index contributed by atoms with van der Waals surface area (Å²) >= 11 is 0. The number of hydrogen-bond acceptors (Lipinski definition) is 4. The first-order chi connectivity index (χ1) is 10.4. The topological polar surface area (TPSA) is 47.6 Å². The Kier molecular flexibility index (Phi) is 5.24. The number of amides is 1. The predicted molar refractivity (Wildman–Crippen MR) is 87.9 cm³/mol. The van der Waals surface area contributed by atoms with Gasteiger partial charge < -0.3 is 15.5 Å². The Labute approximate surface area is 131 Å². The highest BCUT2D eigenvalue weighted by molar-refractivity contribution is 5.81. The number of benzene rings is 1. The second-order valence-corrected chi connectivity index (χ2v) is 6.00. The van der Waals surface area contributed by atoms with E-state index in [0.717, 1.165) is 18.7 Å². The van der Waals surface area contributed by atoms with Crippen molar-refractivity contribution in [2.24, 2.45) is 0 Å². The van der Waals surface area contributed by atoms with Crippen molar-refractivity contribution in [2.75, 3.05) is 44.4 Å². The Morgan fingerprint density at radius 1 is 1.45 bits per heavy atom. The molecule has 0 spiro atoms. The van der Waals surface area contributed by atoms with Crippen molar-refractivity contribution >= 4 is 17.3 Å². The molecule has 0 aliphatic carbocycles. The predicted octanol–water partition coefficient (Wildman–Crippen LogP) is 1.51. The van der Waals surface area contributed by atoms with Gasteiger partial charge in [0.15, 0.2) is 0 Å². The molecule has 5 nitrogen and oxygen atoms in total. The van der Waals surface area contributed by atoms with E-state index in [1.165, 1.54) is 6.07 Å². The van der Waals surface area contributed by atoms with E-state index in [-0.39, 0.29) is 23.8 Å². The molecule has 1 amide bonds. The monoisotopic (exact) mass is 308 g/mol.